The van der Waals surface area contributed by atoms with E-state index in [9.17, 15) is 4.79 Å². The molecule has 7 nitrogen and oxygen atoms in total. The Morgan fingerprint density at radius 2 is 2.18 bits per heavy atom. The van der Waals surface area contributed by atoms with Gasteiger partial charge in [-0.15, -0.1) is 11.3 Å². The maximum atomic E-state index is 12.6. The van der Waals surface area contributed by atoms with Gasteiger partial charge in [-0.25, -0.2) is 4.98 Å². The lowest BCUT2D eigenvalue weighted by atomic mass is 10.1. The molecule has 1 atom stereocenters. The molecule has 8 heteroatoms. The maximum Gasteiger partial charge on any atom is 0.243 e. The number of rotatable bonds is 5. The largest absolute Gasteiger partial charge is 0.497 e. The van der Waals surface area contributed by atoms with E-state index in [1.165, 1.54) is 11.3 Å². The fourth-order valence-corrected chi connectivity index (χ4v) is 4.25. The number of thiazole rings is 1. The molecule has 3 heterocycles. The highest BCUT2D eigenvalue weighted by Crippen LogP contribution is 2.35. The summed E-state index contributed by atoms with van der Waals surface area (Å²) in [6.45, 7) is 6.83. The molecule has 1 aliphatic rings. The number of amides is 1. The Labute approximate surface area is 167 Å². The quantitative estimate of drug-likeness (QED) is 0.687. The number of morpholine rings is 1. The van der Waals surface area contributed by atoms with Crippen molar-refractivity contribution in [2.45, 2.75) is 19.9 Å². The highest BCUT2D eigenvalue weighted by Gasteiger charge is 2.24. The molecule has 1 aromatic carbocycles. The van der Waals surface area contributed by atoms with Crippen molar-refractivity contribution in [3.8, 4) is 17.0 Å². The third-order valence-corrected chi connectivity index (χ3v) is 5.91. The summed E-state index contributed by atoms with van der Waals surface area (Å²) in [5.41, 5.74) is 3.95. The van der Waals surface area contributed by atoms with E-state index >= 15 is 0 Å². The van der Waals surface area contributed by atoms with Crippen LogP contribution in [0.3, 0.4) is 0 Å². The Bertz CT molecular complexity index is 991. The number of carbonyl (C=O) groups excluding carboxylic acids is 1. The number of ether oxygens (including phenoxy) is 2. The highest BCUT2D eigenvalue weighted by atomic mass is 32.1. The Hall–Kier alpha value is -2.42. The first-order valence-electron chi connectivity index (χ1n) is 9.31. The molecule has 1 fully saturated rings. The standard InChI is InChI=1S/C20H24N4O3S/c1-12-18(15-10-14(26-3)4-5-16(15)21-12)17-11-28-20(22-17)23-19(25)13(2)24-6-8-27-9-7-24/h4-5,10-11,13,21H,6-9H2,1-3H3,(H,22,23,25). The fraction of sp³-hybridized carbons (Fsp3) is 0.400. The van der Waals surface area contributed by atoms with Crippen molar-refractivity contribution in [1.82, 2.24) is 14.9 Å². The summed E-state index contributed by atoms with van der Waals surface area (Å²) in [4.78, 5) is 22.8. The van der Waals surface area contributed by atoms with E-state index in [2.05, 4.69) is 20.2 Å². The van der Waals surface area contributed by atoms with Crippen LogP contribution in [0.2, 0.25) is 0 Å². The summed E-state index contributed by atoms with van der Waals surface area (Å²) in [6.07, 6.45) is 0. The van der Waals surface area contributed by atoms with Crippen LogP contribution in [0, 0.1) is 6.92 Å². The lowest BCUT2D eigenvalue weighted by Crippen LogP contribution is -2.47. The number of fused-ring (bicyclic) bond motifs is 1. The van der Waals surface area contributed by atoms with Gasteiger partial charge in [0, 0.05) is 40.6 Å². The molecule has 1 unspecified atom stereocenters. The zero-order valence-corrected chi connectivity index (χ0v) is 17.1. The molecule has 2 aromatic heterocycles. The zero-order valence-electron chi connectivity index (χ0n) is 16.2. The molecule has 0 radical (unpaired) electrons. The van der Waals surface area contributed by atoms with Gasteiger partial charge in [-0.1, -0.05) is 0 Å². The van der Waals surface area contributed by atoms with Gasteiger partial charge in [-0.2, -0.15) is 0 Å². The number of H-pyrrole nitrogens is 1. The smallest absolute Gasteiger partial charge is 0.243 e. The van der Waals surface area contributed by atoms with Gasteiger partial charge in [0.1, 0.15) is 5.75 Å². The van der Waals surface area contributed by atoms with E-state index in [0.29, 0.717) is 18.3 Å². The first-order chi connectivity index (χ1) is 13.6. The number of methoxy groups -OCH3 is 1. The van der Waals surface area contributed by atoms with Gasteiger partial charge in [0.25, 0.3) is 0 Å². The Kier molecular flexibility index (Phi) is 5.34. The molecule has 0 bridgehead atoms. The number of anilines is 1. The monoisotopic (exact) mass is 400 g/mol. The molecule has 3 aromatic rings. The first kappa shape index (κ1) is 18.9. The Balaban J connectivity index is 1.55. The third kappa shape index (κ3) is 3.63. The number of aryl methyl sites for hydroxylation is 1. The lowest BCUT2D eigenvalue weighted by molar-refractivity contribution is -0.122. The Morgan fingerprint density at radius 1 is 1.39 bits per heavy atom. The molecule has 2 N–H and O–H groups in total. The summed E-state index contributed by atoms with van der Waals surface area (Å²) in [6, 6.07) is 5.73. The van der Waals surface area contributed by atoms with Gasteiger partial charge in [0.05, 0.1) is 32.1 Å². The number of benzene rings is 1. The molecule has 0 aliphatic carbocycles. The van der Waals surface area contributed by atoms with Crippen LogP contribution in [0.15, 0.2) is 23.6 Å². The summed E-state index contributed by atoms with van der Waals surface area (Å²) < 4.78 is 10.7. The van der Waals surface area contributed by atoms with Crippen molar-refractivity contribution in [1.29, 1.82) is 0 Å². The third-order valence-electron chi connectivity index (χ3n) is 5.16. The number of nitrogens with one attached hydrogen (secondary N) is 2. The van der Waals surface area contributed by atoms with Crippen molar-refractivity contribution < 1.29 is 14.3 Å². The van der Waals surface area contributed by atoms with Gasteiger partial charge in [0.15, 0.2) is 5.13 Å². The summed E-state index contributed by atoms with van der Waals surface area (Å²) in [5.74, 6) is 0.760. The molecule has 1 aliphatic heterocycles. The predicted molar refractivity (Wildman–Crippen MR) is 111 cm³/mol. The summed E-state index contributed by atoms with van der Waals surface area (Å²) in [7, 11) is 1.66. The van der Waals surface area contributed by atoms with Gasteiger partial charge < -0.3 is 19.8 Å². The molecule has 0 saturated carbocycles. The summed E-state index contributed by atoms with van der Waals surface area (Å²) >= 11 is 1.44. The fourth-order valence-electron chi connectivity index (χ4n) is 3.55. The second-order valence-corrected chi connectivity index (χ2v) is 7.75. The van der Waals surface area contributed by atoms with Crippen molar-refractivity contribution in [3.63, 3.8) is 0 Å². The van der Waals surface area contributed by atoms with Crippen LogP contribution in [-0.4, -0.2) is 60.2 Å². The molecular formula is C20H24N4O3S. The van der Waals surface area contributed by atoms with Gasteiger partial charge in [0.2, 0.25) is 5.91 Å². The minimum Gasteiger partial charge on any atom is -0.497 e. The van der Waals surface area contributed by atoms with Crippen LogP contribution in [0.4, 0.5) is 5.13 Å². The van der Waals surface area contributed by atoms with Crippen LogP contribution < -0.4 is 10.1 Å². The lowest BCUT2D eigenvalue weighted by Gasteiger charge is -2.31. The van der Waals surface area contributed by atoms with Crippen molar-refractivity contribution in [2.24, 2.45) is 0 Å². The molecular weight excluding hydrogens is 376 g/mol. The molecule has 148 valence electrons. The van der Waals surface area contributed by atoms with E-state index < -0.39 is 0 Å². The molecule has 1 amide bonds. The number of aromatic nitrogens is 2. The van der Waals surface area contributed by atoms with Crippen LogP contribution in [-0.2, 0) is 9.53 Å². The molecule has 28 heavy (non-hydrogen) atoms. The Morgan fingerprint density at radius 3 is 2.93 bits per heavy atom. The number of nitrogens with zero attached hydrogens (tertiary/aromatic N) is 2. The number of hydrogen-bond donors (Lipinski definition) is 2. The van der Waals surface area contributed by atoms with Crippen molar-refractivity contribution in [2.75, 3.05) is 38.7 Å². The molecule has 4 rings (SSSR count). The average Bonchev–Trinajstić information content (AvgIpc) is 3.30. The minimum absolute atomic E-state index is 0.0416. The highest BCUT2D eigenvalue weighted by molar-refractivity contribution is 7.14. The normalized spacial score (nSPS) is 16.2. The van der Waals surface area contributed by atoms with Crippen molar-refractivity contribution >= 4 is 33.3 Å². The predicted octanol–water partition coefficient (Wildman–Crippen LogP) is 3.27. The topological polar surface area (TPSA) is 79.5 Å². The first-order valence-corrected chi connectivity index (χ1v) is 10.2. The van der Waals surface area contributed by atoms with Gasteiger partial charge >= 0.3 is 0 Å². The molecule has 1 saturated heterocycles. The summed E-state index contributed by atoms with van der Waals surface area (Å²) in [5, 5.41) is 6.60. The van der Waals surface area contributed by atoms with E-state index in [1.54, 1.807) is 7.11 Å². The minimum atomic E-state index is -0.213. The number of aromatic amines is 1. The van der Waals surface area contributed by atoms with E-state index in [0.717, 1.165) is 46.7 Å². The SMILES string of the molecule is COc1ccc2[nH]c(C)c(-c3csc(NC(=O)C(C)N4CCOCC4)n3)c2c1. The number of carbonyl (C=O) groups is 1. The van der Waals surface area contributed by atoms with Crippen molar-refractivity contribution in [3.05, 3.63) is 29.3 Å². The van der Waals surface area contributed by atoms with Crippen LogP contribution >= 0.6 is 11.3 Å². The van der Waals surface area contributed by atoms with E-state index in [4.69, 9.17) is 9.47 Å². The van der Waals surface area contributed by atoms with Gasteiger partial charge in [-0.05, 0) is 32.0 Å². The van der Waals surface area contributed by atoms with Gasteiger partial charge in [-0.3, -0.25) is 9.69 Å². The van der Waals surface area contributed by atoms with Crippen LogP contribution in [0.1, 0.15) is 12.6 Å². The second kappa shape index (κ2) is 7.90. The second-order valence-electron chi connectivity index (χ2n) is 6.89. The number of hydrogen-bond acceptors (Lipinski definition) is 6. The van der Waals surface area contributed by atoms with Crippen LogP contribution in [0.5, 0.6) is 5.75 Å². The van der Waals surface area contributed by atoms with Crippen LogP contribution in [0.25, 0.3) is 22.2 Å². The van der Waals surface area contributed by atoms with E-state index in [-0.39, 0.29) is 11.9 Å². The van der Waals surface area contributed by atoms with E-state index in [1.807, 2.05) is 37.4 Å². The average molecular weight is 401 g/mol. The maximum absolute atomic E-state index is 12.6. The molecule has 0 spiro atoms. The zero-order chi connectivity index (χ0) is 19.7.